The van der Waals surface area contributed by atoms with E-state index in [2.05, 4.69) is 44.0 Å². The fraction of sp³-hybridized carbons (Fsp3) is 0.393. The van der Waals surface area contributed by atoms with Gasteiger partial charge in [-0.25, -0.2) is 4.98 Å². The highest BCUT2D eigenvalue weighted by molar-refractivity contribution is 6.35. The SMILES string of the molecule is C[C@@H](Oc1ccc2[nH]nc(-c3ccc(N4CC(C)(N5C[C@H]6C[C@@H]5CO6)C4)nc3)c2c1)c1c(Cl)cncc1Cl. The molecule has 8 nitrogen and oxygen atoms in total. The number of likely N-dealkylation sites (tertiary alicyclic amines) is 1. The molecule has 0 unspecified atom stereocenters. The van der Waals surface area contributed by atoms with Gasteiger partial charge in [-0.2, -0.15) is 5.10 Å². The molecule has 2 bridgehead atoms. The van der Waals surface area contributed by atoms with Gasteiger partial charge < -0.3 is 14.4 Å². The van der Waals surface area contributed by atoms with Crippen molar-refractivity contribution in [3.63, 3.8) is 0 Å². The van der Waals surface area contributed by atoms with E-state index in [0.717, 1.165) is 54.2 Å². The second-order valence-corrected chi connectivity index (χ2v) is 11.6. The van der Waals surface area contributed by atoms with E-state index in [-0.39, 0.29) is 11.6 Å². The Bertz CT molecular complexity index is 1480. The molecule has 0 saturated carbocycles. The van der Waals surface area contributed by atoms with Gasteiger partial charge in [-0.15, -0.1) is 0 Å². The third-order valence-electron chi connectivity index (χ3n) is 8.15. The van der Waals surface area contributed by atoms with Crippen molar-refractivity contribution in [1.29, 1.82) is 0 Å². The predicted molar refractivity (Wildman–Crippen MR) is 148 cm³/mol. The van der Waals surface area contributed by atoms with Crippen LogP contribution in [0, 0.1) is 0 Å². The molecule has 3 aliphatic rings. The first kappa shape index (κ1) is 24.2. The van der Waals surface area contributed by atoms with Crippen molar-refractivity contribution in [2.24, 2.45) is 0 Å². The Kier molecular flexibility index (Phi) is 5.78. The number of anilines is 1. The van der Waals surface area contributed by atoms with Gasteiger partial charge in [0.25, 0.3) is 0 Å². The second-order valence-electron chi connectivity index (χ2n) is 10.8. The van der Waals surface area contributed by atoms with E-state index < -0.39 is 0 Å². The molecule has 3 atom stereocenters. The summed E-state index contributed by atoms with van der Waals surface area (Å²) in [6.07, 6.45) is 6.30. The molecule has 3 aromatic heterocycles. The highest BCUT2D eigenvalue weighted by atomic mass is 35.5. The summed E-state index contributed by atoms with van der Waals surface area (Å²) in [5.74, 6) is 1.69. The predicted octanol–water partition coefficient (Wildman–Crippen LogP) is 5.52. The molecule has 1 N–H and O–H groups in total. The van der Waals surface area contributed by atoms with Gasteiger partial charge >= 0.3 is 0 Å². The van der Waals surface area contributed by atoms with E-state index >= 15 is 0 Å². The van der Waals surface area contributed by atoms with Crippen molar-refractivity contribution in [2.45, 2.75) is 44.1 Å². The number of nitrogens with one attached hydrogen (secondary N) is 1. The molecule has 4 aromatic rings. The van der Waals surface area contributed by atoms with Crippen LogP contribution in [0.2, 0.25) is 10.0 Å². The van der Waals surface area contributed by atoms with E-state index in [1.165, 1.54) is 6.42 Å². The van der Waals surface area contributed by atoms with Gasteiger partial charge in [0.15, 0.2) is 0 Å². The van der Waals surface area contributed by atoms with E-state index in [1.54, 1.807) is 12.4 Å². The van der Waals surface area contributed by atoms with Gasteiger partial charge in [-0.3, -0.25) is 15.0 Å². The standard InChI is InChI=1S/C28H28Cl2N6O2/c1-16(26-22(29)10-31-11-23(26)30)38-19-4-5-24-21(8-19)27(34-33-24)17-3-6-25(32-9-17)35-14-28(2,15-35)36-12-20-7-18(36)13-37-20/h3-6,8-11,16,18,20H,7,12-15H2,1-2H3,(H,33,34)/t16-,18-,20-/m1/s1. The van der Waals surface area contributed by atoms with Gasteiger partial charge in [0, 0.05) is 60.8 Å². The van der Waals surface area contributed by atoms with Crippen molar-refractivity contribution >= 4 is 39.9 Å². The summed E-state index contributed by atoms with van der Waals surface area (Å²) < 4.78 is 12.0. The summed E-state index contributed by atoms with van der Waals surface area (Å²) in [6, 6.07) is 10.6. The zero-order valence-corrected chi connectivity index (χ0v) is 22.7. The van der Waals surface area contributed by atoms with Gasteiger partial charge in [0.1, 0.15) is 23.4 Å². The molecule has 3 saturated heterocycles. The van der Waals surface area contributed by atoms with Crippen LogP contribution >= 0.6 is 23.2 Å². The summed E-state index contributed by atoms with van der Waals surface area (Å²) in [4.78, 5) is 13.8. The lowest BCUT2D eigenvalue weighted by atomic mass is 9.89. The lowest BCUT2D eigenvalue weighted by Crippen LogP contribution is -2.70. The second kappa shape index (κ2) is 9.09. The molecule has 10 heteroatoms. The van der Waals surface area contributed by atoms with E-state index in [9.17, 15) is 0 Å². The maximum absolute atomic E-state index is 6.33. The zero-order valence-electron chi connectivity index (χ0n) is 21.2. The first-order valence-electron chi connectivity index (χ1n) is 12.9. The average Bonchev–Trinajstić information content (AvgIpc) is 3.63. The smallest absolute Gasteiger partial charge is 0.128 e. The monoisotopic (exact) mass is 550 g/mol. The first-order valence-corrected chi connectivity index (χ1v) is 13.7. The number of fused-ring (bicyclic) bond motifs is 3. The van der Waals surface area contributed by atoms with E-state index in [0.29, 0.717) is 33.5 Å². The molecule has 3 fully saturated rings. The topological polar surface area (TPSA) is 79.4 Å². The van der Waals surface area contributed by atoms with Gasteiger partial charge in [0.05, 0.1) is 33.8 Å². The van der Waals surface area contributed by atoms with Gasteiger partial charge in [-0.05, 0) is 50.6 Å². The van der Waals surface area contributed by atoms with Crippen LogP contribution in [-0.4, -0.2) is 69.0 Å². The van der Waals surface area contributed by atoms with Crippen molar-refractivity contribution in [3.05, 3.63) is 64.5 Å². The molecule has 7 rings (SSSR count). The summed E-state index contributed by atoms with van der Waals surface area (Å²) in [5.41, 5.74) is 3.61. The lowest BCUT2D eigenvalue weighted by Gasteiger charge is -2.55. The normalized spacial score (nSPS) is 23.1. The van der Waals surface area contributed by atoms with Crippen LogP contribution in [0.15, 0.2) is 48.9 Å². The number of hydrogen-bond acceptors (Lipinski definition) is 7. The minimum Gasteiger partial charge on any atom is -0.486 e. The fourth-order valence-electron chi connectivity index (χ4n) is 6.25. The molecule has 0 aliphatic carbocycles. The Morgan fingerprint density at radius 1 is 1.13 bits per heavy atom. The average molecular weight is 551 g/mol. The number of H-pyrrole nitrogens is 1. The van der Waals surface area contributed by atoms with Crippen LogP contribution in [0.25, 0.3) is 22.2 Å². The van der Waals surface area contributed by atoms with Crippen molar-refractivity contribution in [1.82, 2.24) is 25.1 Å². The molecule has 38 heavy (non-hydrogen) atoms. The van der Waals surface area contributed by atoms with E-state index in [4.69, 9.17) is 37.7 Å². The molecule has 6 heterocycles. The zero-order chi connectivity index (χ0) is 26.0. The molecule has 1 aromatic carbocycles. The van der Waals surface area contributed by atoms with Crippen LogP contribution in [0.5, 0.6) is 5.75 Å². The van der Waals surface area contributed by atoms with Crippen LogP contribution in [0.3, 0.4) is 0 Å². The number of halogens is 2. The van der Waals surface area contributed by atoms with E-state index in [1.807, 2.05) is 31.3 Å². The molecule has 0 spiro atoms. The Balaban J connectivity index is 1.08. The molecule has 0 amide bonds. The van der Waals surface area contributed by atoms with Crippen molar-refractivity contribution < 1.29 is 9.47 Å². The maximum Gasteiger partial charge on any atom is 0.128 e. The Hall–Kier alpha value is -2.91. The number of aromatic amines is 1. The van der Waals surface area contributed by atoms with Crippen LogP contribution < -0.4 is 9.64 Å². The summed E-state index contributed by atoms with van der Waals surface area (Å²) >= 11 is 12.7. The number of hydrogen-bond donors (Lipinski definition) is 1. The number of benzene rings is 1. The molecular weight excluding hydrogens is 523 g/mol. The minimum absolute atomic E-state index is 0.195. The lowest BCUT2D eigenvalue weighted by molar-refractivity contribution is -0.0300. The molecule has 3 aliphatic heterocycles. The van der Waals surface area contributed by atoms with Gasteiger partial charge in [-0.1, -0.05) is 23.2 Å². The maximum atomic E-state index is 6.33. The quantitative estimate of drug-likeness (QED) is 0.338. The summed E-state index contributed by atoms with van der Waals surface area (Å²) in [6.45, 7) is 8.18. The number of morpholine rings is 1. The number of pyridine rings is 2. The first-order chi connectivity index (χ1) is 18.4. The Morgan fingerprint density at radius 2 is 1.95 bits per heavy atom. The third-order valence-corrected chi connectivity index (χ3v) is 8.75. The number of nitrogens with zero attached hydrogens (tertiary/aromatic N) is 5. The third kappa shape index (κ3) is 4.02. The number of ether oxygens (including phenoxy) is 2. The molecule has 0 radical (unpaired) electrons. The molecule has 196 valence electrons. The molecular formula is C28H28Cl2N6O2. The highest BCUT2D eigenvalue weighted by Crippen LogP contribution is 2.40. The highest BCUT2D eigenvalue weighted by Gasteiger charge is 2.52. The summed E-state index contributed by atoms with van der Waals surface area (Å²) in [7, 11) is 0. The Labute approximate surface area is 230 Å². The van der Waals surface area contributed by atoms with Crippen LogP contribution in [-0.2, 0) is 4.74 Å². The van der Waals surface area contributed by atoms with Crippen LogP contribution in [0.1, 0.15) is 31.9 Å². The fourth-order valence-corrected chi connectivity index (χ4v) is 6.92. The largest absolute Gasteiger partial charge is 0.486 e. The number of aromatic nitrogens is 4. The van der Waals surface area contributed by atoms with Crippen molar-refractivity contribution in [2.75, 3.05) is 31.1 Å². The minimum atomic E-state index is -0.350. The van der Waals surface area contributed by atoms with Crippen LogP contribution in [0.4, 0.5) is 5.82 Å². The van der Waals surface area contributed by atoms with Crippen molar-refractivity contribution in [3.8, 4) is 17.0 Å². The number of rotatable bonds is 6. The van der Waals surface area contributed by atoms with Gasteiger partial charge in [0.2, 0.25) is 0 Å². The summed E-state index contributed by atoms with van der Waals surface area (Å²) in [5, 5.41) is 9.61. The Morgan fingerprint density at radius 3 is 2.63 bits per heavy atom.